The fraction of sp³-hybridized carbons (Fsp3) is 0.286. The van der Waals surface area contributed by atoms with Gasteiger partial charge in [-0.3, -0.25) is 10.2 Å². The molecule has 1 aliphatic rings. The van der Waals surface area contributed by atoms with Crippen LogP contribution in [0.15, 0.2) is 28.7 Å². The summed E-state index contributed by atoms with van der Waals surface area (Å²) in [6.45, 7) is 1.52. The molecule has 3 N–H and O–H groups in total. The molecule has 21 heavy (non-hydrogen) atoms. The van der Waals surface area contributed by atoms with E-state index in [1.807, 2.05) is 12.1 Å². The van der Waals surface area contributed by atoms with E-state index in [4.69, 9.17) is 10.3 Å². The van der Waals surface area contributed by atoms with Crippen molar-refractivity contribution in [2.24, 2.45) is 5.84 Å². The van der Waals surface area contributed by atoms with E-state index in [1.165, 1.54) is 0 Å². The van der Waals surface area contributed by atoms with E-state index >= 15 is 0 Å². The Hall–Kier alpha value is -2.54. The molecule has 1 aromatic carbocycles. The standard InChI is InChI=1S/C14H16N4O3/c1-17-6-7-18(14(17)20)8-11-12(13(19)16-15)9-4-2-3-5-10(9)21-11/h2-5H,6-8,15H2,1H3,(H,16,19). The molecule has 1 saturated heterocycles. The zero-order chi connectivity index (χ0) is 15.0. The lowest BCUT2D eigenvalue weighted by Gasteiger charge is -2.14. The number of carbonyl (C=O) groups excluding carboxylic acids is 2. The highest BCUT2D eigenvalue weighted by molar-refractivity contribution is 6.07. The number of nitrogen functional groups attached to an aromatic ring is 1. The maximum atomic E-state index is 12.0. The smallest absolute Gasteiger partial charge is 0.320 e. The van der Waals surface area contributed by atoms with Crippen LogP contribution in [0, 0.1) is 0 Å². The Bertz CT molecular complexity index is 709. The van der Waals surface area contributed by atoms with E-state index < -0.39 is 5.91 Å². The second-order valence-electron chi connectivity index (χ2n) is 5.00. The second-order valence-corrected chi connectivity index (χ2v) is 5.00. The van der Waals surface area contributed by atoms with Crippen LogP contribution >= 0.6 is 0 Å². The van der Waals surface area contributed by atoms with Crippen LogP contribution in [-0.4, -0.2) is 41.9 Å². The van der Waals surface area contributed by atoms with Crippen LogP contribution in [0.3, 0.4) is 0 Å². The number of nitrogens with zero attached hydrogens (tertiary/aromatic N) is 2. The zero-order valence-electron chi connectivity index (χ0n) is 11.6. The number of rotatable bonds is 3. The van der Waals surface area contributed by atoms with Gasteiger partial charge in [-0.1, -0.05) is 18.2 Å². The molecule has 1 aromatic heterocycles. The van der Waals surface area contributed by atoms with Crippen molar-refractivity contribution in [3.63, 3.8) is 0 Å². The molecular formula is C14H16N4O3. The molecule has 0 atom stereocenters. The van der Waals surface area contributed by atoms with Gasteiger partial charge in [-0.05, 0) is 6.07 Å². The zero-order valence-corrected chi connectivity index (χ0v) is 11.6. The molecule has 1 fully saturated rings. The number of amides is 3. The number of nitrogens with two attached hydrogens (primary N) is 1. The van der Waals surface area contributed by atoms with E-state index in [0.29, 0.717) is 35.4 Å². The second kappa shape index (κ2) is 5.10. The van der Waals surface area contributed by atoms with Gasteiger partial charge in [-0.2, -0.15) is 0 Å². The summed E-state index contributed by atoms with van der Waals surface area (Å²) in [7, 11) is 1.74. The number of hydrogen-bond acceptors (Lipinski definition) is 4. The summed E-state index contributed by atoms with van der Waals surface area (Å²) >= 11 is 0. The number of carbonyl (C=O) groups is 2. The van der Waals surface area contributed by atoms with Crippen molar-refractivity contribution in [1.29, 1.82) is 0 Å². The summed E-state index contributed by atoms with van der Waals surface area (Å²) in [5.41, 5.74) is 3.12. The highest BCUT2D eigenvalue weighted by Crippen LogP contribution is 2.27. The average molecular weight is 288 g/mol. The molecule has 2 heterocycles. The van der Waals surface area contributed by atoms with Crippen LogP contribution in [-0.2, 0) is 6.54 Å². The van der Waals surface area contributed by atoms with Gasteiger partial charge < -0.3 is 14.2 Å². The van der Waals surface area contributed by atoms with Gasteiger partial charge in [-0.25, -0.2) is 10.6 Å². The van der Waals surface area contributed by atoms with E-state index in [0.717, 1.165) is 0 Å². The Morgan fingerprint density at radius 3 is 2.81 bits per heavy atom. The predicted octanol–water partition coefficient (Wildman–Crippen LogP) is 0.904. The molecule has 7 nitrogen and oxygen atoms in total. The number of benzene rings is 1. The quantitative estimate of drug-likeness (QED) is 0.499. The molecule has 0 unspecified atom stereocenters. The van der Waals surface area contributed by atoms with E-state index in [-0.39, 0.29) is 12.6 Å². The molecule has 0 bridgehead atoms. The van der Waals surface area contributed by atoms with E-state index in [9.17, 15) is 9.59 Å². The first kappa shape index (κ1) is 13.4. The lowest BCUT2D eigenvalue weighted by molar-refractivity contribution is 0.0951. The topological polar surface area (TPSA) is 91.8 Å². The van der Waals surface area contributed by atoms with Crippen molar-refractivity contribution in [3.8, 4) is 0 Å². The minimum atomic E-state index is -0.421. The third-order valence-electron chi connectivity index (χ3n) is 3.66. The van der Waals surface area contributed by atoms with Gasteiger partial charge in [0.2, 0.25) is 0 Å². The largest absolute Gasteiger partial charge is 0.458 e. The first-order chi connectivity index (χ1) is 10.1. The van der Waals surface area contributed by atoms with E-state index in [2.05, 4.69) is 5.43 Å². The van der Waals surface area contributed by atoms with Crippen LogP contribution in [0.2, 0.25) is 0 Å². The van der Waals surface area contributed by atoms with Crippen molar-refractivity contribution in [2.45, 2.75) is 6.54 Å². The molecule has 0 aliphatic carbocycles. The lowest BCUT2D eigenvalue weighted by Crippen LogP contribution is -2.32. The third-order valence-corrected chi connectivity index (χ3v) is 3.66. The Labute approximate surface area is 121 Å². The van der Waals surface area contributed by atoms with Crippen LogP contribution < -0.4 is 11.3 Å². The summed E-state index contributed by atoms with van der Waals surface area (Å²) < 4.78 is 5.74. The third kappa shape index (κ3) is 2.21. The normalized spacial score (nSPS) is 15.0. The molecule has 7 heteroatoms. The van der Waals surface area contributed by atoms with Crippen LogP contribution in [0.4, 0.5) is 4.79 Å². The Kier molecular flexibility index (Phi) is 3.26. The number of hydrazine groups is 1. The number of para-hydroxylation sites is 1. The Balaban J connectivity index is 2.01. The van der Waals surface area contributed by atoms with Crippen LogP contribution in [0.1, 0.15) is 16.1 Å². The highest BCUT2D eigenvalue weighted by Gasteiger charge is 2.29. The molecule has 0 radical (unpaired) electrons. The summed E-state index contributed by atoms with van der Waals surface area (Å²) in [5.74, 6) is 5.28. The first-order valence-corrected chi connectivity index (χ1v) is 6.63. The number of hydrogen-bond donors (Lipinski definition) is 2. The fourth-order valence-electron chi connectivity index (χ4n) is 2.55. The van der Waals surface area contributed by atoms with Gasteiger partial charge in [0.15, 0.2) is 0 Å². The molecular weight excluding hydrogens is 272 g/mol. The van der Waals surface area contributed by atoms with Gasteiger partial charge in [-0.15, -0.1) is 0 Å². The minimum Gasteiger partial charge on any atom is -0.458 e. The summed E-state index contributed by atoms with van der Waals surface area (Å²) in [6, 6.07) is 7.15. The minimum absolute atomic E-state index is 0.0745. The molecule has 3 amide bonds. The summed E-state index contributed by atoms with van der Waals surface area (Å²) in [5, 5.41) is 0.690. The Morgan fingerprint density at radius 1 is 1.38 bits per heavy atom. The van der Waals surface area contributed by atoms with Crippen molar-refractivity contribution in [3.05, 3.63) is 35.6 Å². The Morgan fingerprint density at radius 2 is 2.14 bits per heavy atom. The van der Waals surface area contributed by atoms with Gasteiger partial charge in [0.1, 0.15) is 11.3 Å². The number of fused-ring (bicyclic) bond motifs is 1. The number of likely N-dealkylation sites (N-methyl/N-ethyl adjacent to an activating group) is 1. The van der Waals surface area contributed by atoms with Gasteiger partial charge in [0.25, 0.3) is 5.91 Å². The monoisotopic (exact) mass is 288 g/mol. The molecule has 0 saturated carbocycles. The maximum Gasteiger partial charge on any atom is 0.320 e. The maximum absolute atomic E-state index is 12.0. The molecule has 2 aromatic rings. The fourth-order valence-corrected chi connectivity index (χ4v) is 2.55. The highest BCUT2D eigenvalue weighted by atomic mass is 16.3. The van der Waals surface area contributed by atoms with Crippen molar-refractivity contribution < 1.29 is 14.0 Å². The lowest BCUT2D eigenvalue weighted by atomic mass is 10.1. The van der Waals surface area contributed by atoms with E-state index in [1.54, 1.807) is 29.0 Å². The van der Waals surface area contributed by atoms with Crippen molar-refractivity contribution in [1.82, 2.24) is 15.2 Å². The van der Waals surface area contributed by atoms with Gasteiger partial charge in [0, 0.05) is 25.5 Å². The molecule has 110 valence electrons. The van der Waals surface area contributed by atoms with Crippen LogP contribution in [0.25, 0.3) is 11.0 Å². The van der Waals surface area contributed by atoms with Gasteiger partial charge in [0.05, 0.1) is 12.1 Å². The number of urea groups is 1. The van der Waals surface area contributed by atoms with Crippen molar-refractivity contribution >= 4 is 22.9 Å². The average Bonchev–Trinajstić information content (AvgIpc) is 3.01. The summed E-state index contributed by atoms with van der Waals surface area (Å²) in [6.07, 6.45) is 0. The van der Waals surface area contributed by atoms with Gasteiger partial charge >= 0.3 is 6.03 Å². The molecule has 1 aliphatic heterocycles. The predicted molar refractivity (Wildman–Crippen MR) is 76.3 cm³/mol. The molecule has 0 spiro atoms. The van der Waals surface area contributed by atoms with Crippen molar-refractivity contribution in [2.75, 3.05) is 20.1 Å². The molecule has 3 rings (SSSR count). The SMILES string of the molecule is CN1CCN(Cc2oc3ccccc3c2C(=O)NN)C1=O. The van der Waals surface area contributed by atoms with Crippen LogP contribution in [0.5, 0.6) is 0 Å². The number of nitrogens with one attached hydrogen (secondary N) is 1. The first-order valence-electron chi connectivity index (χ1n) is 6.63. The summed E-state index contributed by atoms with van der Waals surface area (Å²) in [4.78, 5) is 27.3. The number of furan rings is 1.